The van der Waals surface area contributed by atoms with E-state index in [9.17, 15) is 14.4 Å². The second-order valence-corrected chi connectivity index (χ2v) is 10.2. The summed E-state index contributed by atoms with van der Waals surface area (Å²) in [5.41, 5.74) is 11.1. The van der Waals surface area contributed by atoms with E-state index in [1.54, 1.807) is 17.0 Å². The molecule has 38 heavy (non-hydrogen) atoms. The van der Waals surface area contributed by atoms with Gasteiger partial charge in [-0.1, -0.05) is 48.0 Å². The van der Waals surface area contributed by atoms with Crippen LogP contribution in [0.2, 0.25) is 0 Å². The van der Waals surface area contributed by atoms with Crippen molar-refractivity contribution in [3.8, 4) is 16.8 Å². The van der Waals surface area contributed by atoms with Gasteiger partial charge in [-0.05, 0) is 51.0 Å². The zero-order valence-electron chi connectivity index (χ0n) is 21.5. The van der Waals surface area contributed by atoms with Crippen molar-refractivity contribution >= 4 is 39.2 Å². The lowest BCUT2D eigenvalue weighted by Gasteiger charge is -2.18. The second kappa shape index (κ2) is 9.75. The van der Waals surface area contributed by atoms with Gasteiger partial charge in [0.1, 0.15) is 16.7 Å². The predicted octanol–water partition coefficient (Wildman–Crippen LogP) is 5.14. The summed E-state index contributed by atoms with van der Waals surface area (Å²) in [6.45, 7) is 7.38. The minimum absolute atomic E-state index is 0.242. The van der Waals surface area contributed by atoms with Crippen molar-refractivity contribution in [1.82, 2.24) is 14.3 Å². The van der Waals surface area contributed by atoms with Crippen LogP contribution < -0.4 is 16.6 Å². The number of amides is 2. The number of nitrogens with two attached hydrogens (primary N) is 1. The van der Waals surface area contributed by atoms with Gasteiger partial charge in [0.15, 0.2) is 0 Å². The average Bonchev–Trinajstić information content (AvgIpc) is 3.46. The Morgan fingerprint density at radius 3 is 2.37 bits per heavy atom. The summed E-state index contributed by atoms with van der Waals surface area (Å²) >= 11 is 1.22. The van der Waals surface area contributed by atoms with Crippen LogP contribution in [-0.2, 0) is 4.79 Å². The van der Waals surface area contributed by atoms with E-state index in [2.05, 4.69) is 5.32 Å². The topological polar surface area (TPSA) is 112 Å². The number of rotatable bonds is 6. The number of hydrogen-bond donors (Lipinski definition) is 2. The number of para-hydroxylation sites is 1. The number of pyridine rings is 1. The Morgan fingerprint density at radius 1 is 1.03 bits per heavy atom. The first-order valence-corrected chi connectivity index (χ1v) is 13.0. The van der Waals surface area contributed by atoms with Gasteiger partial charge >= 0.3 is 0 Å². The number of primary amides is 1. The fourth-order valence-electron chi connectivity index (χ4n) is 4.73. The minimum atomic E-state index is -0.908. The van der Waals surface area contributed by atoms with Crippen LogP contribution in [0.3, 0.4) is 0 Å². The Morgan fingerprint density at radius 2 is 1.71 bits per heavy atom. The first-order chi connectivity index (χ1) is 18.2. The van der Waals surface area contributed by atoms with Crippen LogP contribution in [0.15, 0.2) is 70.8 Å². The van der Waals surface area contributed by atoms with Crippen LogP contribution in [0.4, 0.5) is 5.00 Å². The molecule has 9 heteroatoms. The van der Waals surface area contributed by atoms with E-state index in [0.717, 1.165) is 33.5 Å². The summed E-state index contributed by atoms with van der Waals surface area (Å²) in [5, 5.41) is 10.5. The van der Waals surface area contributed by atoms with Crippen LogP contribution in [0, 0.1) is 20.8 Å². The van der Waals surface area contributed by atoms with E-state index < -0.39 is 17.9 Å². The highest BCUT2D eigenvalue weighted by Crippen LogP contribution is 2.36. The number of nitrogens with one attached hydrogen (secondary N) is 1. The second-order valence-electron chi connectivity index (χ2n) is 9.32. The van der Waals surface area contributed by atoms with E-state index in [1.165, 1.54) is 22.0 Å². The molecule has 0 bridgehead atoms. The third-order valence-corrected chi connectivity index (χ3v) is 7.54. The third-order valence-electron chi connectivity index (χ3n) is 6.64. The number of nitrogens with zero attached hydrogens (tertiary/aromatic N) is 3. The first-order valence-electron chi connectivity index (χ1n) is 12.1. The van der Waals surface area contributed by atoms with Crippen molar-refractivity contribution < 1.29 is 9.59 Å². The Bertz CT molecular complexity index is 1750. The SMILES string of the molecule is Cc1ccc(-c2csc(NC(=O)C(C)n3c(=O)cc(C)c4c(C)nn(-c5ccccc5)c43)c2C(N)=O)cc1. The van der Waals surface area contributed by atoms with E-state index in [1.807, 2.05) is 75.4 Å². The molecule has 2 amide bonds. The molecule has 0 aliphatic carbocycles. The standard InChI is InChI=1S/C29H27N5O3S/c1-16-10-12-20(13-11-16)22-15-38-28(25(22)26(30)36)31-27(37)19(4)33-23(35)14-17(2)24-18(3)32-34(29(24)33)21-8-6-5-7-9-21/h5-15,19H,1-4H3,(H2,30,36)(H,31,37). The molecule has 3 heterocycles. The summed E-state index contributed by atoms with van der Waals surface area (Å²) in [4.78, 5) is 39.3. The first kappa shape index (κ1) is 25.2. The van der Waals surface area contributed by atoms with Gasteiger partial charge in [0.05, 0.1) is 16.9 Å². The van der Waals surface area contributed by atoms with Crippen LogP contribution in [-0.4, -0.2) is 26.2 Å². The largest absolute Gasteiger partial charge is 0.365 e. The number of benzene rings is 2. The summed E-state index contributed by atoms with van der Waals surface area (Å²) in [6, 6.07) is 17.8. The predicted molar refractivity (Wildman–Crippen MR) is 151 cm³/mol. The molecule has 5 aromatic rings. The number of carbonyl (C=O) groups excluding carboxylic acids is 2. The highest BCUT2D eigenvalue weighted by Gasteiger charge is 2.26. The van der Waals surface area contributed by atoms with Gasteiger partial charge in [-0.2, -0.15) is 5.10 Å². The molecule has 0 spiro atoms. The van der Waals surface area contributed by atoms with Crippen molar-refractivity contribution in [1.29, 1.82) is 0 Å². The van der Waals surface area contributed by atoms with Gasteiger partial charge in [-0.3, -0.25) is 19.0 Å². The molecular formula is C29H27N5O3S. The highest BCUT2D eigenvalue weighted by atomic mass is 32.1. The van der Waals surface area contributed by atoms with Gasteiger partial charge in [-0.25, -0.2) is 4.68 Å². The lowest BCUT2D eigenvalue weighted by molar-refractivity contribution is -0.118. The van der Waals surface area contributed by atoms with Gasteiger partial charge in [0.25, 0.3) is 11.5 Å². The molecule has 0 fully saturated rings. The molecule has 0 aliphatic heterocycles. The van der Waals surface area contributed by atoms with Crippen molar-refractivity contribution in [2.24, 2.45) is 5.73 Å². The minimum Gasteiger partial charge on any atom is -0.365 e. The van der Waals surface area contributed by atoms with E-state index in [4.69, 9.17) is 10.8 Å². The van der Waals surface area contributed by atoms with Gasteiger partial charge in [0.2, 0.25) is 5.91 Å². The number of thiophene rings is 1. The Balaban J connectivity index is 1.58. The average molecular weight is 526 g/mol. The lowest BCUT2D eigenvalue weighted by Crippen LogP contribution is -2.33. The van der Waals surface area contributed by atoms with Gasteiger partial charge in [0, 0.05) is 22.4 Å². The summed E-state index contributed by atoms with van der Waals surface area (Å²) in [7, 11) is 0. The fourth-order valence-corrected chi connectivity index (χ4v) is 5.71. The van der Waals surface area contributed by atoms with Crippen molar-refractivity contribution in [3.05, 3.63) is 98.8 Å². The molecule has 1 unspecified atom stereocenters. The van der Waals surface area contributed by atoms with Gasteiger partial charge in [-0.15, -0.1) is 11.3 Å². The van der Waals surface area contributed by atoms with Crippen LogP contribution in [0.25, 0.3) is 27.8 Å². The molecular weight excluding hydrogens is 498 g/mol. The van der Waals surface area contributed by atoms with Crippen molar-refractivity contribution in [3.63, 3.8) is 0 Å². The van der Waals surface area contributed by atoms with Gasteiger partial charge < -0.3 is 11.1 Å². The molecule has 2 aromatic carbocycles. The Hall–Kier alpha value is -4.50. The number of aryl methyl sites for hydroxylation is 3. The maximum atomic E-state index is 13.6. The number of carbonyl (C=O) groups is 2. The van der Waals surface area contributed by atoms with Crippen LogP contribution in [0.5, 0.6) is 0 Å². The smallest absolute Gasteiger partial charge is 0.253 e. The lowest BCUT2D eigenvalue weighted by atomic mass is 10.0. The zero-order valence-corrected chi connectivity index (χ0v) is 22.3. The molecule has 0 radical (unpaired) electrons. The van der Waals surface area contributed by atoms with E-state index in [0.29, 0.717) is 16.2 Å². The molecule has 0 saturated carbocycles. The number of anilines is 1. The Labute approximate surface area is 223 Å². The summed E-state index contributed by atoms with van der Waals surface area (Å²) < 4.78 is 3.14. The van der Waals surface area contributed by atoms with Crippen LogP contribution in [0.1, 0.15) is 40.1 Å². The van der Waals surface area contributed by atoms with Crippen molar-refractivity contribution in [2.75, 3.05) is 5.32 Å². The Kier molecular flexibility index (Phi) is 6.46. The molecule has 3 N–H and O–H groups in total. The fraction of sp³-hybridized carbons (Fsp3) is 0.172. The number of aromatic nitrogens is 3. The maximum absolute atomic E-state index is 13.6. The summed E-state index contributed by atoms with van der Waals surface area (Å²) in [5.74, 6) is -1.09. The van der Waals surface area contributed by atoms with Crippen LogP contribution >= 0.6 is 11.3 Å². The van der Waals surface area contributed by atoms with E-state index >= 15 is 0 Å². The molecule has 5 rings (SSSR count). The molecule has 3 aromatic heterocycles. The van der Waals surface area contributed by atoms with Crippen molar-refractivity contribution in [2.45, 2.75) is 33.7 Å². The number of fused-ring (bicyclic) bond motifs is 1. The molecule has 1 atom stereocenters. The molecule has 0 saturated heterocycles. The normalized spacial score (nSPS) is 12.0. The third kappa shape index (κ3) is 4.31. The molecule has 0 aliphatic rings. The monoisotopic (exact) mass is 525 g/mol. The summed E-state index contributed by atoms with van der Waals surface area (Å²) in [6.07, 6.45) is 0. The highest BCUT2D eigenvalue weighted by molar-refractivity contribution is 7.15. The van der Waals surface area contributed by atoms with E-state index in [-0.39, 0.29) is 11.1 Å². The quantitative estimate of drug-likeness (QED) is 0.320. The maximum Gasteiger partial charge on any atom is 0.253 e. The zero-order chi connectivity index (χ0) is 27.1. The molecule has 8 nitrogen and oxygen atoms in total. The number of hydrogen-bond acceptors (Lipinski definition) is 5. The molecule has 192 valence electrons.